The number of amides is 1. The molecule has 0 saturated heterocycles. The van der Waals surface area contributed by atoms with Gasteiger partial charge in [-0.2, -0.15) is 0 Å². The van der Waals surface area contributed by atoms with Crippen molar-refractivity contribution in [2.45, 2.75) is 13.0 Å². The van der Waals surface area contributed by atoms with Gasteiger partial charge in [0.05, 0.1) is 20.1 Å². The number of aliphatic hydroxyl groups excluding tert-OH is 1. The Hall–Kier alpha value is -2.60. The number of rotatable bonds is 6. The number of benzene rings is 1. The fourth-order valence-corrected chi connectivity index (χ4v) is 1.78. The highest BCUT2D eigenvalue weighted by molar-refractivity contribution is 5.76. The predicted molar refractivity (Wildman–Crippen MR) is 76.1 cm³/mol. The van der Waals surface area contributed by atoms with Crippen LogP contribution in [0.3, 0.4) is 0 Å². The molecule has 1 heterocycles. The summed E-state index contributed by atoms with van der Waals surface area (Å²) in [6, 6.07) is 8.50. The molecule has 6 nitrogen and oxygen atoms in total. The molecule has 1 amide bonds. The molecular weight excluding hydrogens is 272 g/mol. The number of hydrogen-bond acceptors (Lipinski definition) is 5. The monoisotopic (exact) mass is 288 g/mol. The third kappa shape index (κ3) is 3.93. The SMILES string of the molecule is COc1cc(CC(N)=O)ccc1Oc1ccc(CO)cn1. The van der Waals surface area contributed by atoms with Crippen LogP contribution in [0.25, 0.3) is 0 Å². The van der Waals surface area contributed by atoms with Gasteiger partial charge in [-0.05, 0) is 29.3 Å². The largest absolute Gasteiger partial charge is 0.493 e. The first kappa shape index (κ1) is 14.8. The molecule has 0 fully saturated rings. The van der Waals surface area contributed by atoms with Crippen LogP contribution in [0.4, 0.5) is 0 Å². The number of ether oxygens (including phenoxy) is 2. The fourth-order valence-electron chi connectivity index (χ4n) is 1.78. The van der Waals surface area contributed by atoms with E-state index < -0.39 is 5.91 Å². The maximum atomic E-state index is 10.9. The second kappa shape index (κ2) is 6.71. The van der Waals surface area contributed by atoms with Crippen molar-refractivity contribution in [3.63, 3.8) is 0 Å². The van der Waals surface area contributed by atoms with Crippen LogP contribution in [0, 0.1) is 0 Å². The lowest BCUT2D eigenvalue weighted by molar-refractivity contribution is -0.117. The molecule has 0 saturated carbocycles. The van der Waals surface area contributed by atoms with Crippen LogP contribution < -0.4 is 15.2 Å². The normalized spacial score (nSPS) is 10.2. The van der Waals surface area contributed by atoms with Gasteiger partial charge in [-0.1, -0.05) is 6.07 Å². The van der Waals surface area contributed by atoms with Crippen molar-refractivity contribution < 1.29 is 19.4 Å². The number of carbonyl (C=O) groups is 1. The molecule has 110 valence electrons. The van der Waals surface area contributed by atoms with E-state index in [4.69, 9.17) is 20.3 Å². The van der Waals surface area contributed by atoms with E-state index in [0.29, 0.717) is 22.9 Å². The molecule has 0 aliphatic rings. The number of methoxy groups -OCH3 is 1. The fraction of sp³-hybridized carbons (Fsp3) is 0.200. The van der Waals surface area contributed by atoms with E-state index in [2.05, 4.69) is 4.98 Å². The second-order valence-corrected chi connectivity index (χ2v) is 4.39. The summed E-state index contributed by atoms with van der Waals surface area (Å²) in [4.78, 5) is 15.0. The predicted octanol–water partition coefficient (Wildman–Crippen LogP) is 1.40. The standard InChI is InChI=1S/C15H16N2O4/c1-20-13-6-10(7-14(16)19)2-4-12(13)21-15-5-3-11(9-18)8-17-15/h2-6,8,18H,7,9H2,1H3,(H2,16,19). The maximum absolute atomic E-state index is 10.9. The number of hydrogen-bond donors (Lipinski definition) is 2. The molecule has 0 aliphatic heterocycles. The number of nitrogens with two attached hydrogens (primary N) is 1. The van der Waals surface area contributed by atoms with Crippen molar-refractivity contribution in [3.8, 4) is 17.4 Å². The van der Waals surface area contributed by atoms with Crippen LogP contribution in [-0.2, 0) is 17.8 Å². The zero-order chi connectivity index (χ0) is 15.2. The van der Waals surface area contributed by atoms with E-state index in [0.717, 1.165) is 5.56 Å². The molecule has 21 heavy (non-hydrogen) atoms. The van der Waals surface area contributed by atoms with Crippen LogP contribution in [0.2, 0.25) is 0 Å². The minimum Gasteiger partial charge on any atom is -0.493 e. The lowest BCUT2D eigenvalue weighted by Gasteiger charge is -2.11. The van der Waals surface area contributed by atoms with Crippen molar-refractivity contribution in [1.29, 1.82) is 0 Å². The zero-order valence-corrected chi connectivity index (χ0v) is 11.6. The number of primary amides is 1. The lowest BCUT2D eigenvalue weighted by Crippen LogP contribution is -2.13. The van der Waals surface area contributed by atoms with Crippen LogP contribution in [0.15, 0.2) is 36.5 Å². The molecule has 6 heteroatoms. The molecule has 1 aromatic carbocycles. The van der Waals surface area contributed by atoms with Crippen molar-refractivity contribution in [1.82, 2.24) is 4.98 Å². The molecule has 2 rings (SSSR count). The van der Waals surface area contributed by atoms with E-state index in [1.54, 1.807) is 30.3 Å². The summed E-state index contributed by atoms with van der Waals surface area (Å²) in [5.74, 6) is 0.942. The highest BCUT2D eigenvalue weighted by Crippen LogP contribution is 2.31. The van der Waals surface area contributed by atoms with Crippen molar-refractivity contribution in [3.05, 3.63) is 47.7 Å². The van der Waals surface area contributed by atoms with E-state index >= 15 is 0 Å². The average Bonchev–Trinajstić information content (AvgIpc) is 2.49. The van der Waals surface area contributed by atoms with Crippen molar-refractivity contribution in [2.24, 2.45) is 5.73 Å². The molecule has 3 N–H and O–H groups in total. The minimum absolute atomic E-state index is 0.0710. The summed E-state index contributed by atoms with van der Waals surface area (Å²) in [7, 11) is 1.51. The van der Waals surface area contributed by atoms with E-state index in [1.165, 1.54) is 13.3 Å². The number of aliphatic hydroxyl groups is 1. The molecule has 0 aliphatic carbocycles. The zero-order valence-electron chi connectivity index (χ0n) is 11.6. The molecule has 0 unspecified atom stereocenters. The Balaban J connectivity index is 2.20. The molecule has 0 atom stereocenters. The van der Waals surface area contributed by atoms with E-state index in [-0.39, 0.29) is 13.0 Å². The second-order valence-electron chi connectivity index (χ2n) is 4.39. The summed E-state index contributed by atoms with van der Waals surface area (Å²) >= 11 is 0. The Bertz CT molecular complexity index is 626. The highest BCUT2D eigenvalue weighted by atomic mass is 16.5. The number of carbonyl (C=O) groups excluding carboxylic acids is 1. The molecule has 0 spiro atoms. The summed E-state index contributed by atoms with van der Waals surface area (Å²) in [6.45, 7) is -0.0710. The third-order valence-corrected chi connectivity index (χ3v) is 2.80. The molecule has 1 aromatic heterocycles. The third-order valence-electron chi connectivity index (χ3n) is 2.80. The minimum atomic E-state index is -0.410. The Morgan fingerprint density at radius 3 is 2.57 bits per heavy atom. The van der Waals surface area contributed by atoms with Gasteiger partial charge < -0.3 is 20.3 Å². The quantitative estimate of drug-likeness (QED) is 0.838. The summed E-state index contributed by atoms with van der Waals surface area (Å²) in [6.07, 6.45) is 1.67. The number of nitrogens with zero attached hydrogens (tertiary/aromatic N) is 1. The van der Waals surface area contributed by atoms with Gasteiger partial charge in [0.1, 0.15) is 0 Å². The first-order chi connectivity index (χ1) is 10.1. The van der Waals surface area contributed by atoms with Gasteiger partial charge in [0.2, 0.25) is 11.8 Å². The Morgan fingerprint density at radius 2 is 2.00 bits per heavy atom. The van der Waals surface area contributed by atoms with Gasteiger partial charge in [-0.15, -0.1) is 0 Å². The first-order valence-electron chi connectivity index (χ1n) is 6.31. The summed E-state index contributed by atoms with van der Waals surface area (Å²) < 4.78 is 10.9. The molecule has 2 aromatic rings. The van der Waals surface area contributed by atoms with Crippen LogP contribution in [-0.4, -0.2) is 23.1 Å². The van der Waals surface area contributed by atoms with Crippen LogP contribution in [0.5, 0.6) is 17.4 Å². The van der Waals surface area contributed by atoms with Crippen LogP contribution in [0.1, 0.15) is 11.1 Å². The summed E-state index contributed by atoms with van der Waals surface area (Å²) in [5.41, 5.74) is 6.61. The summed E-state index contributed by atoms with van der Waals surface area (Å²) in [5, 5.41) is 8.96. The van der Waals surface area contributed by atoms with Gasteiger partial charge in [0.25, 0.3) is 0 Å². The Labute approximate surface area is 122 Å². The highest BCUT2D eigenvalue weighted by Gasteiger charge is 2.09. The molecule has 0 bridgehead atoms. The number of pyridine rings is 1. The van der Waals surface area contributed by atoms with Gasteiger partial charge in [-0.25, -0.2) is 4.98 Å². The Kier molecular flexibility index (Phi) is 4.73. The average molecular weight is 288 g/mol. The maximum Gasteiger partial charge on any atom is 0.221 e. The Morgan fingerprint density at radius 1 is 1.24 bits per heavy atom. The van der Waals surface area contributed by atoms with Crippen molar-refractivity contribution >= 4 is 5.91 Å². The van der Waals surface area contributed by atoms with Crippen molar-refractivity contribution in [2.75, 3.05) is 7.11 Å². The first-order valence-corrected chi connectivity index (χ1v) is 6.31. The lowest BCUT2D eigenvalue weighted by atomic mass is 10.1. The van der Waals surface area contributed by atoms with Gasteiger partial charge in [0, 0.05) is 12.3 Å². The number of aromatic nitrogens is 1. The topological polar surface area (TPSA) is 94.7 Å². The molecular formula is C15H16N2O4. The molecule has 0 radical (unpaired) electrons. The van der Waals surface area contributed by atoms with Crippen LogP contribution >= 0.6 is 0 Å². The van der Waals surface area contributed by atoms with E-state index in [1.807, 2.05) is 0 Å². The van der Waals surface area contributed by atoms with E-state index in [9.17, 15) is 4.79 Å². The van der Waals surface area contributed by atoms with Gasteiger partial charge >= 0.3 is 0 Å². The van der Waals surface area contributed by atoms with Gasteiger partial charge in [-0.3, -0.25) is 4.79 Å². The smallest absolute Gasteiger partial charge is 0.221 e. The van der Waals surface area contributed by atoms with Gasteiger partial charge in [0.15, 0.2) is 11.5 Å².